The predicted molar refractivity (Wildman–Crippen MR) is 68.0 cm³/mol. The first-order valence-electron chi connectivity index (χ1n) is 6.45. The van der Waals surface area contributed by atoms with Crippen molar-refractivity contribution in [2.75, 3.05) is 38.7 Å². The van der Waals surface area contributed by atoms with Gasteiger partial charge in [0.05, 0.1) is 31.1 Å². The van der Waals surface area contributed by atoms with Crippen molar-refractivity contribution in [3.05, 3.63) is 0 Å². The zero-order valence-electron chi connectivity index (χ0n) is 10.8. The van der Waals surface area contributed by atoms with Crippen LogP contribution in [0.15, 0.2) is 0 Å². The molecule has 0 radical (unpaired) electrons. The lowest BCUT2D eigenvalue weighted by atomic mass is 10.3. The quantitative estimate of drug-likeness (QED) is 0.633. The highest BCUT2D eigenvalue weighted by molar-refractivity contribution is 7.89. The van der Waals surface area contributed by atoms with Crippen LogP contribution in [0.25, 0.3) is 0 Å². The summed E-state index contributed by atoms with van der Waals surface area (Å²) in [4.78, 5) is 11.7. The summed E-state index contributed by atoms with van der Waals surface area (Å²) in [7, 11) is -3.39. The van der Waals surface area contributed by atoms with Crippen LogP contribution in [0, 0.1) is 0 Å². The minimum Gasteiger partial charge on any atom is -0.394 e. The normalized spacial score (nSPS) is 23.0. The van der Waals surface area contributed by atoms with Crippen molar-refractivity contribution < 1.29 is 23.1 Å². The Bertz CT molecular complexity index is 426. The second-order valence-corrected chi connectivity index (χ2v) is 7.15. The molecule has 0 aromatic heterocycles. The maximum atomic E-state index is 12.0. The Balaban J connectivity index is 1.78. The molecule has 1 amide bonds. The van der Waals surface area contributed by atoms with Crippen molar-refractivity contribution in [1.29, 1.82) is 0 Å². The van der Waals surface area contributed by atoms with Gasteiger partial charge >= 0.3 is 0 Å². The average molecular weight is 292 g/mol. The number of hydrogen-bond donors (Lipinski definition) is 2. The number of aliphatic hydroxyl groups is 1. The van der Waals surface area contributed by atoms with E-state index in [0.717, 1.165) is 12.8 Å². The Morgan fingerprint density at radius 2 is 1.95 bits per heavy atom. The van der Waals surface area contributed by atoms with E-state index in [4.69, 9.17) is 9.84 Å². The minimum atomic E-state index is -3.39. The first-order valence-corrected chi connectivity index (χ1v) is 8.06. The van der Waals surface area contributed by atoms with Crippen LogP contribution in [0.3, 0.4) is 0 Å². The lowest BCUT2D eigenvalue weighted by Gasteiger charge is -2.26. The Labute approximate surface area is 113 Å². The number of hydrogen-bond acceptors (Lipinski definition) is 5. The largest absolute Gasteiger partial charge is 0.394 e. The second-order valence-electron chi connectivity index (χ2n) is 5.06. The van der Waals surface area contributed by atoms with Gasteiger partial charge in [0.1, 0.15) is 0 Å². The maximum Gasteiger partial charge on any atom is 0.221 e. The second kappa shape index (κ2) is 5.74. The van der Waals surface area contributed by atoms with Crippen molar-refractivity contribution in [2.45, 2.75) is 24.8 Å². The van der Waals surface area contributed by atoms with Crippen molar-refractivity contribution in [1.82, 2.24) is 9.62 Å². The van der Waals surface area contributed by atoms with E-state index in [1.807, 2.05) is 0 Å². The molecular weight excluding hydrogens is 272 g/mol. The van der Waals surface area contributed by atoms with Crippen LogP contribution in [0.5, 0.6) is 0 Å². The smallest absolute Gasteiger partial charge is 0.221 e. The fourth-order valence-corrected chi connectivity index (χ4v) is 3.41. The predicted octanol–water partition coefficient (Wildman–Crippen LogP) is -1.32. The van der Waals surface area contributed by atoms with Gasteiger partial charge in [-0.3, -0.25) is 4.79 Å². The van der Waals surface area contributed by atoms with E-state index in [1.54, 1.807) is 0 Å². The summed E-state index contributed by atoms with van der Waals surface area (Å²) < 4.78 is 30.4. The third kappa shape index (κ3) is 3.88. The van der Waals surface area contributed by atoms with Crippen LogP contribution >= 0.6 is 0 Å². The summed E-state index contributed by atoms with van der Waals surface area (Å²) in [6.45, 7) is 1.42. The van der Waals surface area contributed by atoms with Crippen LogP contribution < -0.4 is 5.32 Å². The molecule has 0 atom stereocenters. The van der Waals surface area contributed by atoms with Gasteiger partial charge in [0.25, 0.3) is 0 Å². The number of carbonyl (C=O) groups excluding carboxylic acids is 1. The van der Waals surface area contributed by atoms with Crippen molar-refractivity contribution in [3.63, 3.8) is 0 Å². The average Bonchev–Trinajstić information content (AvgIpc) is 3.18. The molecule has 110 valence electrons. The molecule has 8 heteroatoms. The number of aliphatic hydroxyl groups excluding tert-OH is 1. The topological polar surface area (TPSA) is 95.9 Å². The van der Waals surface area contributed by atoms with Crippen LogP contribution in [0.4, 0.5) is 0 Å². The number of carbonyl (C=O) groups is 1. The number of morpholine rings is 1. The van der Waals surface area contributed by atoms with Crippen molar-refractivity contribution in [2.24, 2.45) is 0 Å². The lowest BCUT2D eigenvalue weighted by Crippen LogP contribution is -2.44. The van der Waals surface area contributed by atoms with Gasteiger partial charge in [0.2, 0.25) is 15.9 Å². The zero-order valence-corrected chi connectivity index (χ0v) is 11.6. The number of ether oxygens (including phenoxy) is 1. The Kier molecular flexibility index (Phi) is 4.44. The molecule has 0 spiro atoms. The molecule has 0 aromatic rings. The van der Waals surface area contributed by atoms with E-state index in [-0.39, 0.29) is 24.7 Å². The Morgan fingerprint density at radius 3 is 2.47 bits per heavy atom. The first-order chi connectivity index (χ1) is 8.97. The number of amides is 1. The molecule has 1 saturated heterocycles. The summed E-state index contributed by atoms with van der Waals surface area (Å²) in [6, 6.07) is 0. The molecule has 0 aromatic carbocycles. The van der Waals surface area contributed by atoms with Gasteiger partial charge in [-0.15, -0.1) is 0 Å². The summed E-state index contributed by atoms with van der Waals surface area (Å²) in [5.74, 6) is -0.510. The molecule has 1 aliphatic carbocycles. The first kappa shape index (κ1) is 14.7. The molecule has 1 saturated carbocycles. The molecule has 1 heterocycles. The molecule has 0 bridgehead atoms. The highest BCUT2D eigenvalue weighted by atomic mass is 32.2. The van der Waals surface area contributed by atoms with Gasteiger partial charge < -0.3 is 15.2 Å². The molecule has 2 N–H and O–H groups in total. The van der Waals surface area contributed by atoms with Crippen molar-refractivity contribution >= 4 is 15.9 Å². The summed E-state index contributed by atoms with van der Waals surface area (Å²) in [5, 5.41) is 11.8. The molecule has 2 fully saturated rings. The standard InChI is InChI=1S/C11H20N2O5S/c14-9-11(2-3-11)12-10(15)1-8-19(16,17)13-4-6-18-7-5-13/h14H,1-9H2,(H,12,15). The monoisotopic (exact) mass is 292 g/mol. The van der Waals surface area contributed by atoms with E-state index < -0.39 is 15.6 Å². The molecule has 0 unspecified atom stereocenters. The molecule has 2 rings (SSSR count). The lowest BCUT2D eigenvalue weighted by molar-refractivity contribution is -0.122. The molecule has 7 nitrogen and oxygen atoms in total. The number of nitrogens with one attached hydrogen (secondary N) is 1. The van der Waals surface area contributed by atoms with E-state index >= 15 is 0 Å². The fraction of sp³-hybridized carbons (Fsp3) is 0.909. The zero-order chi connectivity index (χ0) is 13.9. The van der Waals surface area contributed by atoms with E-state index in [2.05, 4.69) is 5.32 Å². The summed E-state index contributed by atoms with van der Waals surface area (Å²) in [5.41, 5.74) is -0.486. The van der Waals surface area contributed by atoms with Crippen LogP contribution in [0.2, 0.25) is 0 Å². The Hall–Kier alpha value is -0.700. The van der Waals surface area contributed by atoms with Gasteiger partial charge in [-0.05, 0) is 12.8 Å². The number of rotatable bonds is 6. The SMILES string of the molecule is O=C(CCS(=O)(=O)N1CCOCC1)NC1(CO)CC1. The van der Waals surface area contributed by atoms with Gasteiger partial charge in [0, 0.05) is 19.5 Å². The van der Waals surface area contributed by atoms with Crippen LogP contribution in [-0.4, -0.2) is 67.9 Å². The third-order valence-corrected chi connectivity index (χ3v) is 5.38. The maximum absolute atomic E-state index is 12.0. The Morgan fingerprint density at radius 1 is 1.32 bits per heavy atom. The molecule has 2 aliphatic rings. The van der Waals surface area contributed by atoms with E-state index in [9.17, 15) is 13.2 Å². The van der Waals surface area contributed by atoms with Gasteiger partial charge in [0.15, 0.2) is 0 Å². The summed E-state index contributed by atoms with van der Waals surface area (Å²) >= 11 is 0. The van der Waals surface area contributed by atoms with Gasteiger partial charge in [-0.1, -0.05) is 0 Å². The molecular formula is C11H20N2O5S. The number of nitrogens with zero attached hydrogens (tertiary/aromatic N) is 1. The number of sulfonamides is 1. The van der Waals surface area contributed by atoms with Gasteiger partial charge in [-0.2, -0.15) is 4.31 Å². The van der Waals surface area contributed by atoms with Crippen LogP contribution in [-0.2, 0) is 19.6 Å². The van der Waals surface area contributed by atoms with Gasteiger partial charge in [-0.25, -0.2) is 8.42 Å². The summed E-state index contributed by atoms with van der Waals surface area (Å²) in [6.07, 6.45) is 1.44. The van der Waals surface area contributed by atoms with Crippen molar-refractivity contribution in [3.8, 4) is 0 Å². The molecule has 1 aliphatic heterocycles. The highest BCUT2D eigenvalue weighted by Gasteiger charge is 2.43. The highest BCUT2D eigenvalue weighted by Crippen LogP contribution is 2.34. The van der Waals surface area contributed by atoms with Crippen LogP contribution in [0.1, 0.15) is 19.3 Å². The fourth-order valence-electron chi connectivity index (χ4n) is 2.01. The van der Waals surface area contributed by atoms with E-state index in [1.165, 1.54) is 4.31 Å². The minimum absolute atomic E-state index is 0.0680. The van der Waals surface area contributed by atoms with E-state index in [0.29, 0.717) is 26.3 Å². The third-order valence-electron chi connectivity index (χ3n) is 3.51. The molecule has 19 heavy (non-hydrogen) atoms.